The van der Waals surface area contributed by atoms with E-state index in [1.54, 1.807) is 7.05 Å². The summed E-state index contributed by atoms with van der Waals surface area (Å²) in [6.45, 7) is 3.39. The molecule has 2 amide bonds. The molecule has 0 radical (unpaired) electrons. The lowest BCUT2D eigenvalue weighted by Gasteiger charge is -2.42. The number of carbonyl (C=O) groups excluding carboxylic acids is 1. The molecule has 1 aliphatic rings. The van der Waals surface area contributed by atoms with Gasteiger partial charge in [0.05, 0.1) is 6.61 Å². The number of aliphatic hydroxyl groups excluding tert-OH is 1. The molecule has 0 spiro atoms. The highest BCUT2D eigenvalue weighted by Gasteiger charge is 2.36. The summed E-state index contributed by atoms with van der Waals surface area (Å²) in [5.74, 6) is 0. The van der Waals surface area contributed by atoms with Crippen LogP contribution in [0.4, 0.5) is 4.79 Å². The van der Waals surface area contributed by atoms with Gasteiger partial charge < -0.3 is 15.3 Å². The zero-order valence-electron chi connectivity index (χ0n) is 10.5. The normalized spacial score (nSPS) is 17.7. The van der Waals surface area contributed by atoms with Crippen LogP contribution in [0.2, 0.25) is 0 Å². The molecule has 0 bridgehead atoms. The Morgan fingerprint density at radius 2 is 2.19 bits per heavy atom. The van der Waals surface area contributed by atoms with Crippen molar-refractivity contribution in [2.24, 2.45) is 5.41 Å². The second-order valence-corrected chi connectivity index (χ2v) is 4.91. The quantitative estimate of drug-likeness (QED) is 0.725. The molecule has 4 heteroatoms. The monoisotopic (exact) mass is 228 g/mol. The maximum Gasteiger partial charge on any atom is 0.317 e. The number of rotatable bonds is 6. The summed E-state index contributed by atoms with van der Waals surface area (Å²) in [5, 5.41) is 11.7. The van der Waals surface area contributed by atoms with E-state index in [0.717, 1.165) is 6.54 Å². The van der Waals surface area contributed by atoms with E-state index >= 15 is 0 Å². The summed E-state index contributed by atoms with van der Waals surface area (Å²) in [6.07, 6.45) is 6.16. The third kappa shape index (κ3) is 3.37. The van der Waals surface area contributed by atoms with Crippen molar-refractivity contribution in [3.05, 3.63) is 0 Å². The lowest BCUT2D eigenvalue weighted by molar-refractivity contribution is 0.113. The molecule has 0 aromatic heterocycles. The number of nitrogens with zero attached hydrogens (tertiary/aromatic N) is 1. The van der Waals surface area contributed by atoms with Gasteiger partial charge in [-0.2, -0.15) is 0 Å². The fourth-order valence-electron chi connectivity index (χ4n) is 2.37. The van der Waals surface area contributed by atoms with Crippen molar-refractivity contribution < 1.29 is 9.90 Å². The standard InChI is InChI=1S/C12H24N2O2/c1-3-5-12(6-4-7-12)10-13-11(16)14(2)8-9-15/h15H,3-10H2,1-2H3,(H,13,16). The summed E-state index contributed by atoms with van der Waals surface area (Å²) in [6, 6.07) is -0.0728. The largest absolute Gasteiger partial charge is 0.395 e. The van der Waals surface area contributed by atoms with E-state index in [0.29, 0.717) is 12.0 Å². The topological polar surface area (TPSA) is 52.6 Å². The predicted octanol–water partition coefficient (Wildman–Crippen LogP) is 1.59. The van der Waals surface area contributed by atoms with Gasteiger partial charge in [-0.3, -0.25) is 0 Å². The average Bonchev–Trinajstić information content (AvgIpc) is 2.21. The Kier molecular flexibility index (Phi) is 5.06. The van der Waals surface area contributed by atoms with Crippen molar-refractivity contribution in [1.82, 2.24) is 10.2 Å². The fourth-order valence-corrected chi connectivity index (χ4v) is 2.37. The number of likely N-dealkylation sites (N-methyl/N-ethyl adjacent to an activating group) is 1. The number of amides is 2. The summed E-state index contributed by atoms with van der Waals surface area (Å²) in [5.41, 5.74) is 0.366. The predicted molar refractivity (Wildman–Crippen MR) is 64.3 cm³/mol. The Morgan fingerprint density at radius 1 is 1.50 bits per heavy atom. The van der Waals surface area contributed by atoms with Crippen LogP contribution >= 0.6 is 0 Å². The highest BCUT2D eigenvalue weighted by molar-refractivity contribution is 5.73. The molecule has 0 aromatic carbocycles. The smallest absolute Gasteiger partial charge is 0.317 e. The van der Waals surface area contributed by atoms with Crippen molar-refractivity contribution in [1.29, 1.82) is 0 Å². The zero-order valence-corrected chi connectivity index (χ0v) is 10.5. The minimum atomic E-state index is -0.0728. The van der Waals surface area contributed by atoms with Crippen LogP contribution in [-0.2, 0) is 0 Å². The zero-order chi connectivity index (χ0) is 12.0. The molecule has 94 valence electrons. The minimum absolute atomic E-state index is 0.0179. The van der Waals surface area contributed by atoms with Crippen molar-refractivity contribution in [2.45, 2.75) is 39.0 Å². The van der Waals surface area contributed by atoms with Crippen LogP contribution in [-0.4, -0.2) is 42.8 Å². The molecule has 1 rings (SSSR count). The van der Waals surface area contributed by atoms with Gasteiger partial charge >= 0.3 is 6.03 Å². The number of hydrogen-bond acceptors (Lipinski definition) is 2. The van der Waals surface area contributed by atoms with Crippen LogP contribution in [0.5, 0.6) is 0 Å². The Bertz CT molecular complexity index is 227. The summed E-state index contributed by atoms with van der Waals surface area (Å²) in [7, 11) is 1.71. The van der Waals surface area contributed by atoms with E-state index in [9.17, 15) is 4.79 Å². The first-order chi connectivity index (χ1) is 7.63. The lowest BCUT2D eigenvalue weighted by Crippen LogP contribution is -2.46. The molecule has 0 aromatic rings. The van der Waals surface area contributed by atoms with Crippen molar-refractivity contribution in [3.63, 3.8) is 0 Å². The molecule has 4 nitrogen and oxygen atoms in total. The van der Waals surface area contributed by atoms with Crippen molar-refractivity contribution >= 4 is 6.03 Å². The fraction of sp³-hybridized carbons (Fsp3) is 0.917. The molecule has 1 aliphatic carbocycles. The summed E-state index contributed by atoms with van der Waals surface area (Å²) in [4.78, 5) is 13.2. The van der Waals surface area contributed by atoms with E-state index in [1.165, 1.54) is 37.0 Å². The number of urea groups is 1. The molecule has 16 heavy (non-hydrogen) atoms. The van der Waals surface area contributed by atoms with Gasteiger partial charge in [0.2, 0.25) is 0 Å². The van der Waals surface area contributed by atoms with Crippen LogP contribution in [0, 0.1) is 5.41 Å². The van der Waals surface area contributed by atoms with Crippen molar-refractivity contribution in [2.75, 3.05) is 26.7 Å². The molecule has 0 aliphatic heterocycles. The van der Waals surface area contributed by atoms with Gasteiger partial charge in [0.1, 0.15) is 0 Å². The first-order valence-electron chi connectivity index (χ1n) is 6.23. The first kappa shape index (κ1) is 13.3. The van der Waals surface area contributed by atoms with Crippen molar-refractivity contribution in [3.8, 4) is 0 Å². The average molecular weight is 228 g/mol. The Morgan fingerprint density at radius 3 is 2.62 bits per heavy atom. The molecule has 1 fully saturated rings. The Labute approximate surface area is 98.0 Å². The lowest BCUT2D eigenvalue weighted by atomic mass is 9.66. The number of hydrogen-bond donors (Lipinski definition) is 2. The molecule has 0 atom stereocenters. The van der Waals surface area contributed by atoms with Gasteiger partial charge in [0.25, 0.3) is 0 Å². The van der Waals surface area contributed by atoms with Gasteiger partial charge in [-0.1, -0.05) is 19.8 Å². The van der Waals surface area contributed by atoms with Crippen LogP contribution < -0.4 is 5.32 Å². The van der Waals surface area contributed by atoms with Crippen LogP contribution in [0.1, 0.15) is 39.0 Å². The first-order valence-corrected chi connectivity index (χ1v) is 6.23. The second-order valence-electron chi connectivity index (χ2n) is 4.91. The Hall–Kier alpha value is -0.770. The second kappa shape index (κ2) is 6.09. The third-order valence-electron chi connectivity index (χ3n) is 3.59. The Balaban J connectivity index is 2.29. The van der Waals surface area contributed by atoms with Gasteiger partial charge in [0.15, 0.2) is 0 Å². The third-order valence-corrected chi connectivity index (χ3v) is 3.59. The molecule has 0 heterocycles. The van der Waals surface area contributed by atoms with Crippen LogP contribution in [0.15, 0.2) is 0 Å². The van der Waals surface area contributed by atoms with E-state index in [-0.39, 0.29) is 12.6 Å². The highest BCUT2D eigenvalue weighted by atomic mass is 16.3. The van der Waals surface area contributed by atoms with Gasteiger partial charge in [-0.05, 0) is 24.7 Å². The van der Waals surface area contributed by atoms with Crippen LogP contribution in [0.3, 0.4) is 0 Å². The van der Waals surface area contributed by atoms with E-state index in [2.05, 4.69) is 12.2 Å². The number of nitrogens with one attached hydrogen (secondary N) is 1. The summed E-state index contributed by atoms with van der Waals surface area (Å²) < 4.78 is 0. The molecule has 0 unspecified atom stereocenters. The molecule has 2 N–H and O–H groups in total. The number of carbonyl (C=O) groups is 1. The van der Waals surface area contributed by atoms with E-state index < -0.39 is 0 Å². The molecular weight excluding hydrogens is 204 g/mol. The maximum absolute atomic E-state index is 11.6. The van der Waals surface area contributed by atoms with Gasteiger partial charge in [0, 0.05) is 20.1 Å². The maximum atomic E-state index is 11.6. The van der Waals surface area contributed by atoms with E-state index in [4.69, 9.17) is 5.11 Å². The molecular formula is C12H24N2O2. The van der Waals surface area contributed by atoms with Gasteiger partial charge in [-0.15, -0.1) is 0 Å². The molecule has 1 saturated carbocycles. The minimum Gasteiger partial charge on any atom is -0.395 e. The van der Waals surface area contributed by atoms with Crippen LogP contribution in [0.25, 0.3) is 0 Å². The molecule has 0 saturated heterocycles. The number of aliphatic hydroxyl groups is 1. The summed E-state index contributed by atoms with van der Waals surface area (Å²) >= 11 is 0. The van der Waals surface area contributed by atoms with Gasteiger partial charge in [-0.25, -0.2) is 4.79 Å². The van der Waals surface area contributed by atoms with E-state index in [1.807, 2.05) is 0 Å². The SMILES string of the molecule is CCCC1(CNC(=O)N(C)CCO)CCC1. The highest BCUT2D eigenvalue weighted by Crippen LogP contribution is 2.44.